The molecule has 2 atom stereocenters. The molecule has 2 aromatic heterocycles. The maximum Gasteiger partial charge on any atom is 0.240 e. The number of aryl methyl sites for hydroxylation is 1. The number of aromatic nitrogens is 2. The van der Waals surface area contributed by atoms with Gasteiger partial charge in [0.1, 0.15) is 5.65 Å². The van der Waals surface area contributed by atoms with Crippen molar-refractivity contribution < 1.29 is 13.5 Å². The Kier molecular flexibility index (Phi) is 4.75. The van der Waals surface area contributed by atoms with Crippen molar-refractivity contribution in [3.8, 4) is 11.1 Å². The van der Waals surface area contributed by atoms with Crippen molar-refractivity contribution in [3.05, 3.63) is 48.3 Å². The molecule has 1 fully saturated rings. The Bertz CT molecular complexity index is 1060. The number of aliphatic hydroxyl groups is 1. The minimum Gasteiger partial charge on any atom is -0.391 e. The molecule has 0 spiro atoms. The summed E-state index contributed by atoms with van der Waals surface area (Å²) >= 11 is 0. The number of nitrogens with one attached hydrogen (secondary N) is 2. The van der Waals surface area contributed by atoms with E-state index in [0.29, 0.717) is 12.8 Å². The van der Waals surface area contributed by atoms with Gasteiger partial charge >= 0.3 is 0 Å². The van der Waals surface area contributed by atoms with Gasteiger partial charge < -0.3 is 10.1 Å². The van der Waals surface area contributed by atoms with E-state index in [2.05, 4.69) is 14.7 Å². The summed E-state index contributed by atoms with van der Waals surface area (Å²) in [6.45, 7) is 1.98. The van der Waals surface area contributed by atoms with E-state index in [9.17, 15) is 13.5 Å². The lowest BCUT2D eigenvalue weighted by Crippen LogP contribution is -2.44. The molecule has 6 nitrogen and oxygen atoms in total. The first-order valence-corrected chi connectivity index (χ1v) is 10.7. The third-order valence-corrected chi connectivity index (χ3v) is 6.68. The number of hydrogen-bond donors (Lipinski definition) is 3. The molecule has 0 aliphatic heterocycles. The van der Waals surface area contributed by atoms with E-state index in [1.165, 1.54) is 0 Å². The second-order valence-electron chi connectivity index (χ2n) is 7.18. The van der Waals surface area contributed by atoms with Crippen LogP contribution in [0.1, 0.15) is 31.4 Å². The molecule has 1 aliphatic rings. The molecule has 0 radical (unpaired) electrons. The molecule has 4 rings (SSSR count). The Morgan fingerprint density at radius 3 is 2.63 bits per heavy atom. The van der Waals surface area contributed by atoms with Crippen LogP contribution in [0.3, 0.4) is 0 Å². The molecule has 1 aromatic carbocycles. The fourth-order valence-corrected chi connectivity index (χ4v) is 5.04. The summed E-state index contributed by atoms with van der Waals surface area (Å²) in [5, 5.41) is 11.0. The fourth-order valence-electron chi connectivity index (χ4n) is 3.74. The smallest absolute Gasteiger partial charge is 0.240 e. The van der Waals surface area contributed by atoms with Crippen LogP contribution in [0.5, 0.6) is 0 Å². The van der Waals surface area contributed by atoms with Crippen molar-refractivity contribution in [1.29, 1.82) is 0 Å². The maximum atomic E-state index is 12.7. The van der Waals surface area contributed by atoms with Crippen LogP contribution in [0, 0.1) is 6.92 Å². The van der Waals surface area contributed by atoms with Crippen molar-refractivity contribution in [2.75, 3.05) is 0 Å². The number of sulfonamides is 1. The van der Waals surface area contributed by atoms with E-state index in [1.807, 2.05) is 31.2 Å². The summed E-state index contributed by atoms with van der Waals surface area (Å²) in [4.78, 5) is 7.75. The molecule has 7 heteroatoms. The highest BCUT2D eigenvalue weighted by Crippen LogP contribution is 2.29. The molecule has 0 saturated heterocycles. The minimum atomic E-state index is -3.66. The second-order valence-corrected chi connectivity index (χ2v) is 8.89. The van der Waals surface area contributed by atoms with Crippen LogP contribution in [0.15, 0.2) is 47.5 Å². The highest BCUT2D eigenvalue weighted by molar-refractivity contribution is 7.89. The third kappa shape index (κ3) is 3.63. The Morgan fingerprint density at radius 2 is 1.89 bits per heavy atom. The van der Waals surface area contributed by atoms with Gasteiger partial charge in [-0.15, -0.1) is 0 Å². The molecule has 1 aliphatic carbocycles. The number of fused-ring (bicyclic) bond motifs is 1. The van der Waals surface area contributed by atoms with Crippen molar-refractivity contribution in [2.45, 2.75) is 49.6 Å². The zero-order valence-electron chi connectivity index (χ0n) is 15.1. The highest BCUT2D eigenvalue weighted by atomic mass is 32.2. The fraction of sp³-hybridized carbons (Fsp3) is 0.350. The van der Waals surface area contributed by atoms with Crippen molar-refractivity contribution in [1.82, 2.24) is 14.7 Å². The van der Waals surface area contributed by atoms with Crippen LogP contribution in [-0.2, 0) is 10.0 Å². The van der Waals surface area contributed by atoms with E-state index < -0.39 is 22.2 Å². The van der Waals surface area contributed by atoms with E-state index in [1.54, 1.807) is 18.3 Å². The molecular formula is C20H23N3O3S. The molecular weight excluding hydrogens is 362 g/mol. The van der Waals surface area contributed by atoms with Gasteiger partial charge in [-0.1, -0.05) is 25.0 Å². The Balaban J connectivity index is 1.61. The van der Waals surface area contributed by atoms with Crippen molar-refractivity contribution >= 4 is 21.1 Å². The Labute approximate surface area is 158 Å². The van der Waals surface area contributed by atoms with Gasteiger partial charge in [0, 0.05) is 23.3 Å². The second kappa shape index (κ2) is 7.07. The lowest BCUT2D eigenvalue weighted by Gasteiger charge is -2.28. The predicted molar refractivity (Wildman–Crippen MR) is 105 cm³/mol. The zero-order chi connectivity index (χ0) is 19.0. The standard InChI is InChI=1S/C20H23N3O3S/c1-13-12-17-16(10-11-21-20(17)22-13)14-6-8-15(9-7-14)27(25,26)23-18-4-2-3-5-19(18)24/h6-12,18-19,23-24H,2-5H2,1H3,(H,21,22)/t18-,19+/m1/s1. The largest absolute Gasteiger partial charge is 0.391 e. The average molecular weight is 385 g/mol. The van der Waals surface area contributed by atoms with Crippen LogP contribution >= 0.6 is 0 Å². The Morgan fingerprint density at radius 1 is 1.15 bits per heavy atom. The summed E-state index contributed by atoms with van der Waals surface area (Å²) in [7, 11) is -3.66. The monoisotopic (exact) mass is 385 g/mol. The highest BCUT2D eigenvalue weighted by Gasteiger charge is 2.28. The Hall–Kier alpha value is -2.22. The van der Waals surface area contributed by atoms with Crippen LogP contribution in [-0.4, -0.2) is 35.6 Å². The molecule has 2 heterocycles. The zero-order valence-corrected chi connectivity index (χ0v) is 16.0. The number of pyridine rings is 1. The molecule has 0 unspecified atom stereocenters. The first kappa shape index (κ1) is 18.2. The van der Waals surface area contributed by atoms with Crippen molar-refractivity contribution in [2.24, 2.45) is 0 Å². The van der Waals surface area contributed by atoms with Gasteiger partial charge in [-0.25, -0.2) is 18.1 Å². The number of H-pyrrole nitrogens is 1. The van der Waals surface area contributed by atoms with Gasteiger partial charge in [-0.3, -0.25) is 0 Å². The van der Waals surface area contributed by atoms with Crippen LogP contribution < -0.4 is 4.72 Å². The SMILES string of the molecule is Cc1cc2c(-c3ccc(S(=O)(=O)N[C@@H]4CCCC[C@@H]4O)cc3)ccnc2[nH]1. The maximum absolute atomic E-state index is 12.7. The van der Waals surface area contributed by atoms with Crippen LogP contribution in [0.25, 0.3) is 22.2 Å². The van der Waals surface area contributed by atoms with Gasteiger partial charge in [0.25, 0.3) is 0 Å². The molecule has 1 saturated carbocycles. The van der Waals surface area contributed by atoms with Gasteiger partial charge in [0.15, 0.2) is 0 Å². The summed E-state index contributed by atoms with van der Waals surface area (Å²) in [6, 6.07) is 10.4. The number of benzene rings is 1. The molecule has 0 bridgehead atoms. The number of rotatable bonds is 4. The molecule has 27 heavy (non-hydrogen) atoms. The quantitative estimate of drug-likeness (QED) is 0.643. The summed E-state index contributed by atoms with van der Waals surface area (Å²) in [5.41, 5.74) is 3.77. The topological polar surface area (TPSA) is 95.1 Å². The van der Waals surface area contributed by atoms with E-state index in [0.717, 1.165) is 40.7 Å². The number of hydrogen-bond acceptors (Lipinski definition) is 4. The lowest BCUT2D eigenvalue weighted by atomic mass is 9.93. The first-order valence-electron chi connectivity index (χ1n) is 9.19. The van der Waals surface area contributed by atoms with Crippen LogP contribution in [0.4, 0.5) is 0 Å². The first-order chi connectivity index (χ1) is 12.9. The molecule has 3 aromatic rings. The number of aromatic amines is 1. The molecule has 142 valence electrons. The summed E-state index contributed by atoms with van der Waals surface area (Å²) in [5.74, 6) is 0. The molecule has 3 N–H and O–H groups in total. The van der Waals surface area contributed by atoms with Gasteiger partial charge in [-0.2, -0.15) is 0 Å². The normalized spacial score (nSPS) is 20.8. The third-order valence-electron chi connectivity index (χ3n) is 5.18. The number of nitrogens with zero attached hydrogens (tertiary/aromatic N) is 1. The van der Waals surface area contributed by atoms with Crippen LogP contribution in [0.2, 0.25) is 0 Å². The van der Waals surface area contributed by atoms with Gasteiger partial charge in [0.05, 0.1) is 11.0 Å². The van der Waals surface area contributed by atoms with E-state index >= 15 is 0 Å². The average Bonchev–Trinajstić information content (AvgIpc) is 3.04. The molecule has 0 amide bonds. The lowest BCUT2D eigenvalue weighted by molar-refractivity contribution is 0.101. The summed E-state index contributed by atoms with van der Waals surface area (Å²) < 4.78 is 28.0. The van der Waals surface area contributed by atoms with Gasteiger partial charge in [0.2, 0.25) is 10.0 Å². The van der Waals surface area contributed by atoms with Crippen molar-refractivity contribution in [3.63, 3.8) is 0 Å². The van der Waals surface area contributed by atoms with E-state index in [4.69, 9.17) is 0 Å². The predicted octanol–water partition coefficient (Wildman–Crippen LogP) is 3.12. The van der Waals surface area contributed by atoms with Gasteiger partial charge in [-0.05, 0) is 55.2 Å². The summed E-state index contributed by atoms with van der Waals surface area (Å²) in [6.07, 6.45) is 4.30. The minimum absolute atomic E-state index is 0.208. The number of aliphatic hydroxyl groups excluding tert-OH is 1. The van der Waals surface area contributed by atoms with E-state index in [-0.39, 0.29) is 4.90 Å².